The molecule has 9 nitrogen and oxygen atoms in total. The summed E-state index contributed by atoms with van der Waals surface area (Å²) in [7, 11) is -3.72. The molecule has 1 aliphatic heterocycles. The number of carbonyl (C=O) groups is 1. The van der Waals surface area contributed by atoms with Crippen molar-refractivity contribution in [3.63, 3.8) is 0 Å². The predicted octanol–water partition coefficient (Wildman–Crippen LogP) is 3.60. The van der Waals surface area contributed by atoms with Gasteiger partial charge in [-0.25, -0.2) is 8.42 Å². The van der Waals surface area contributed by atoms with Gasteiger partial charge in [0.25, 0.3) is 0 Å². The third-order valence-corrected chi connectivity index (χ3v) is 8.12. The van der Waals surface area contributed by atoms with Gasteiger partial charge in [-0.05, 0) is 42.2 Å². The quantitative estimate of drug-likeness (QED) is 0.389. The van der Waals surface area contributed by atoms with E-state index in [0.29, 0.717) is 43.7 Å². The summed E-state index contributed by atoms with van der Waals surface area (Å²) in [5, 5.41) is 14.7. The van der Waals surface area contributed by atoms with Crippen molar-refractivity contribution >= 4 is 26.9 Å². The van der Waals surface area contributed by atoms with Gasteiger partial charge in [-0.1, -0.05) is 39.0 Å². The van der Waals surface area contributed by atoms with Crippen LogP contribution in [0.15, 0.2) is 53.4 Å². The van der Waals surface area contributed by atoms with E-state index in [1.807, 2.05) is 31.2 Å². The van der Waals surface area contributed by atoms with E-state index in [1.165, 1.54) is 4.31 Å². The molecule has 0 spiro atoms. The summed E-state index contributed by atoms with van der Waals surface area (Å²) >= 11 is 0. The van der Waals surface area contributed by atoms with Crippen LogP contribution in [0.5, 0.6) is 5.75 Å². The van der Waals surface area contributed by atoms with Crippen LogP contribution in [0.4, 0.5) is 0 Å². The maximum atomic E-state index is 13.4. The number of para-hydroxylation sites is 1. The minimum Gasteiger partial charge on any atom is -0.491 e. The molecule has 2 atom stereocenters. The first-order chi connectivity index (χ1) is 17.2. The van der Waals surface area contributed by atoms with E-state index < -0.39 is 16.0 Å². The van der Waals surface area contributed by atoms with Crippen LogP contribution in [0.1, 0.15) is 32.5 Å². The molecule has 1 fully saturated rings. The van der Waals surface area contributed by atoms with E-state index in [9.17, 15) is 18.3 Å². The topological polar surface area (TPSA) is 111 Å². The Bertz CT molecular complexity index is 1300. The molecule has 4 rings (SSSR count). The first-order valence-corrected chi connectivity index (χ1v) is 13.6. The molecular weight excluding hydrogens is 482 g/mol. The fourth-order valence-corrected chi connectivity index (χ4v) is 6.06. The van der Waals surface area contributed by atoms with Gasteiger partial charge in [-0.15, -0.1) is 0 Å². The Hall–Kier alpha value is -2.95. The molecule has 3 aromatic rings. The normalized spacial score (nSPS) is 18.8. The third kappa shape index (κ3) is 5.71. The number of hydrogen-bond donors (Lipinski definition) is 1. The predicted molar refractivity (Wildman–Crippen MR) is 136 cm³/mol. The highest BCUT2D eigenvalue weighted by atomic mass is 32.2. The van der Waals surface area contributed by atoms with Crippen LogP contribution in [0.2, 0.25) is 0 Å². The van der Waals surface area contributed by atoms with Crippen molar-refractivity contribution in [3.8, 4) is 5.75 Å². The fraction of sp³-hybridized carbons (Fsp3) is 0.462. The van der Waals surface area contributed by atoms with E-state index in [4.69, 9.17) is 9.47 Å². The highest BCUT2D eigenvalue weighted by Gasteiger charge is 2.39. The molecule has 2 aromatic carbocycles. The van der Waals surface area contributed by atoms with Crippen molar-refractivity contribution in [2.75, 3.05) is 32.9 Å². The smallest absolute Gasteiger partial charge is 0.309 e. The highest BCUT2D eigenvalue weighted by Crippen LogP contribution is 2.34. The van der Waals surface area contributed by atoms with E-state index in [0.717, 1.165) is 10.9 Å². The summed E-state index contributed by atoms with van der Waals surface area (Å²) in [6, 6.07) is 13.7. The van der Waals surface area contributed by atoms with Gasteiger partial charge in [0.2, 0.25) is 10.0 Å². The average molecular weight is 516 g/mol. The first kappa shape index (κ1) is 26.1. The zero-order valence-electron chi connectivity index (χ0n) is 20.8. The highest BCUT2D eigenvalue weighted by molar-refractivity contribution is 7.89. The molecule has 1 N–H and O–H groups in total. The molecule has 36 heavy (non-hydrogen) atoms. The lowest BCUT2D eigenvalue weighted by Gasteiger charge is -2.18. The Kier molecular flexibility index (Phi) is 7.97. The first-order valence-electron chi connectivity index (χ1n) is 12.2. The number of nitrogens with zero attached hydrogens (tertiary/aromatic N) is 3. The number of aromatic nitrogens is 2. The zero-order valence-corrected chi connectivity index (χ0v) is 21.6. The molecule has 0 bridgehead atoms. The van der Waals surface area contributed by atoms with E-state index >= 15 is 0 Å². The van der Waals surface area contributed by atoms with E-state index in [-0.39, 0.29) is 29.8 Å². The molecule has 2 heterocycles. The summed E-state index contributed by atoms with van der Waals surface area (Å²) in [6.07, 6.45) is -0.186. The van der Waals surface area contributed by atoms with Gasteiger partial charge < -0.3 is 14.6 Å². The Morgan fingerprint density at radius 2 is 1.83 bits per heavy atom. The molecule has 0 aliphatic carbocycles. The van der Waals surface area contributed by atoms with Crippen LogP contribution >= 0.6 is 0 Å². The van der Waals surface area contributed by atoms with E-state index in [2.05, 4.69) is 18.9 Å². The van der Waals surface area contributed by atoms with Crippen molar-refractivity contribution in [3.05, 3.63) is 54.2 Å². The maximum absolute atomic E-state index is 13.4. The van der Waals surface area contributed by atoms with Crippen molar-refractivity contribution in [1.82, 2.24) is 14.1 Å². The number of carboxylic acid groups (broad SMARTS) is 1. The van der Waals surface area contributed by atoms with Crippen molar-refractivity contribution < 1.29 is 27.8 Å². The lowest BCUT2D eigenvalue weighted by molar-refractivity contribution is -0.136. The molecule has 0 amide bonds. The van der Waals surface area contributed by atoms with Gasteiger partial charge >= 0.3 is 5.97 Å². The van der Waals surface area contributed by atoms with Crippen molar-refractivity contribution in [2.24, 2.45) is 11.8 Å². The van der Waals surface area contributed by atoms with Crippen LogP contribution < -0.4 is 4.74 Å². The maximum Gasteiger partial charge on any atom is 0.309 e. The third-order valence-electron chi connectivity index (χ3n) is 6.27. The summed E-state index contributed by atoms with van der Waals surface area (Å²) in [6.45, 7) is 8.30. The van der Waals surface area contributed by atoms with E-state index in [1.54, 1.807) is 28.9 Å². The zero-order chi connectivity index (χ0) is 25.9. The summed E-state index contributed by atoms with van der Waals surface area (Å²) in [5.74, 6) is 0.0868. The van der Waals surface area contributed by atoms with Crippen molar-refractivity contribution in [1.29, 1.82) is 0 Å². The number of rotatable bonds is 11. The molecule has 0 saturated carbocycles. The SMILES string of the molecule is CC(C)COCCOc1ccc(S(=O)(=O)N2C[C@@H](C)[C@@H](n3nc(CC(=O)O)c4ccccc43)C2)cc1. The number of carboxylic acids is 1. The molecule has 1 saturated heterocycles. The minimum atomic E-state index is -3.72. The molecule has 0 radical (unpaired) electrons. The van der Waals surface area contributed by atoms with Crippen molar-refractivity contribution in [2.45, 2.75) is 38.1 Å². The summed E-state index contributed by atoms with van der Waals surface area (Å²) in [5.41, 5.74) is 1.29. The van der Waals surface area contributed by atoms with Crippen LogP contribution in [-0.2, 0) is 26.0 Å². The van der Waals surface area contributed by atoms with Gasteiger partial charge in [0, 0.05) is 25.1 Å². The largest absolute Gasteiger partial charge is 0.491 e. The Labute approximate surface area is 211 Å². The van der Waals surface area contributed by atoms with Crippen LogP contribution in [0.25, 0.3) is 10.9 Å². The Balaban J connectivity index is 1.47. The molecule has 10 heteroatoms. The van der Waals surface area contributed by atoms with Crippen LogP contribution in [0.3, 0.4) is 0 Å². The molecule has 0 unspecified atom stereocenters. The Morgan fingerprint density at radius 3 is 2.53 bits per heavy atom. The number of hydrogen-bond acceptors (Lipinski definition) is 6. The van der Waals surface area contributed by atoms with Gasteiger partial charge in [-0.2, -0.15) is 9.40 Å². The molecule has 1 aromatic heterocycles. The number of fused-ring (bicyclic) bond motifs is 1. The minimum absolute atomic E-state index is 0.00537. The molecule has 194 valence electrons. The second-order valence-electron chi connectivity index (χ2n) is 9.63. The second kappa shape index (κ2) is 11.0. The number of sulfonamides is 1. The van der Waals surface area contributed by atoms with Gasteiger partial charge in [0.05, 0.1) is 35.2 Å². The lowest BCUT2D eigenvalue weighted by Crippen LogP contribution is -2.29. The summed E-state index contributed by atoms with van der Waals surface area (Å²) in [4.78, 5) is 11.5. The van der Waals surface area contributed by atoms with Gasteiger partial charge in [0.1, 0.15) is 12.4 Å². The fourth-order valence-electron chi connectivity index (χ4n) is 4.50. The second-order valence-corrected chi connectivity index (χ2v) is 11.6. The Morgan fingerprint density at radius 1 is 1.11 bits per heavy atom. The average Bonchev–Trinajstić information content (AvgIpc) is 3.39. The van der Waals surface area contributed by atoms with Gasteiger partial charge in [0.15, 0.2) is 0 Å². The lowest BCUT2D eigenvalue weighted by atomic mass is 10.1. The monoisotopic (exact) mass is 515 g/mol. The standard InChI is InChI=1S/C26H33N3O6S/c1-18(2)17-34-12-13-35-20-8-10-21(11-9-20)36(32,33)28-15-19(3)25(16-28)29-24-7-5-4-6-22(24)23(27-29)14-26(30)31/h4-11,18-19,25H,12-17H2,1-3H3,(H,30,31)/t19-,25+/m1/s1. The van der Waals surface area contributed by atoms with Crippen LogP contribution in [0, 0.1) is 11.8 Å². The number of benzene rings is 2. The molecule has 1 aliphatic rings. The number of ether oxygens (including phenoxy) is 2. The van der Waals surface area contributed by atoms with Gasteiger partial charge in [-0.3, -0.25) is 9.48 Å². The molecular formula is C26H33N3O6S. The van der Waals surface area contributed by atoms with Crippen LogP contribution in [-0.4, -0.2) is 66.5 Å². The summed E-state index contributed by atoms with van der Waals surface area (Å²) < 4.78 is 41.2. The number of aliphatic carboxylic acids is 1.